The molecule has 26 heavy (non-hydrogen) atoms. The molecule has 0 radical (unpaired) electrons. The zero-order valence-corrected chi connectivity index (χ0v) is 15.2. The maximum absolute atomic E-state index is 12.0. The molecule has 0 bridgehead atoms. The summed E-state index contributed by atoms with van der Waals surface area (Å²) in [5.74, 6) is 0.586. The molecular formula is C19H23N5O2. The van der Waals surface area contributed by atoms with Gasteiger partial charge in [-0.3, -0.25) is 0 Å². The van der Waals surface area contributed by atoms with E-state index in [4.69, 9.17) is 9.72 Å². The maximum atomic E-state index is 12.0. The van der Waals surface area contributed by atoms with E-state index in [1.54, 1.807) is 6.20 Å². The molecule has 3 heterocycles. The number of anilines is 1. The highest BCUT2D eigenvalue weighted by Crippen LogP contribution is 2.28. The molecule has 0 saturated carbocycles. The first-order valence-corrected chi connectivity index (χ1v) is 8.85. The standard InChI is InChI=1S/C19H23N5O2/c1-19(2,3)15-11-24-17(22-23-18(24)25)16(21-15)20-10-14-13-7-5-4-6-12(13)8-9-26-14/h4-7,11,14H,8-10H2,1-3H3,(H,20,21)(H,23,25). The molecule has 136 valence electrons. The highest BCUT2D eigenvalue weighted by Gasteiger charge is 2.23. The number of nitrogens with zero attached hydrogens (tertiary/aromatic N) is 3. The number of ether oxygens (including phenoxy) is 1. The Hall–Kier alpha value is -2.67. The fourth-order valence-corrected chi connectivity index (χ4v) is 3.23. The van der Waals surface area contributed by atoms with Gasteiger partial charge in [0.25, 0.3) is 0 Å². The molecule has 3 aromatic rings. The van der Waals surface area contributed by atoms with Crippen molar-refractivity contribution in [2.45, 2.75) is 38.7 Å². The SMILES string of the molecule is CC(C)(C)c1cn2c(=O)[nH]nc2c(NCC2OCCc3ccccc32)n1. The first kappa shape index (κ1) is 16.8. The Morgan fingerprint density at radius 3 is 2.96 bits per heavy atom. The van der Waals surface area contributed by atoms with Gasteiger partial charge in [0.15, 0.2) is 5.82 Å². The summed E-state index contributed by atoms with van der Waals surface area (Å²) in [6.45, 7) is 7.47. The molecule has 0 fully saturated rings. The number of hydrogen-bond acceptors (Lipinski definition) is 5. The third-order valence-electron chi connectivity index (χ3n) is 4.72. The van der Waals surface area contributed by atoms with Gasteiger partial charge in [-0.1, -0.05) is 45.0 Å². The van der Waals surface area contributed by atoms with Crippen LogP contribution in [0.15, 0.2) is 35.3 Å². The van der Waals surface area contributed by atoms with Gasteiger partial charge in [0.1, 0.15) is 0 Å². The summed E-state index contributed by atoms with van der Waals surface area (Å²) in [5, 5.41) is 9.95. The average Bonchev–Trinajstić information content (AvgIpc) is 3.00. The van der Waals surface area contributed by atoms with E-state index in [2.05, 4.69) is 54.5 Å². The third kappa shape index (κ3) is 2.99. The number of rotatable bonds is 3. The van der Waals surface area contributed by atoms with Gasteiger partial charge in [-0.15, -0.1) is 5.10 Å². The van der Waals surface area contributed by atoms with Crippen molar-refractivity contribution in [3.63, 3.8) is 0 Å². The van der Waals surface area contributed by atoms with Crippen molar-refractivity contribution in [2.75, 3.05) is 18.5 Å². The van der Waals surface area contributed by atoms with Crippen LogP contribution < -0.4 is 11.0 Å². The molecule has 0 saturated heterocycles. The molecule has 7 heteroatoms. The summed E-state index contributed by atoms with van der Waals surface area (Å²) in [4.78, 5) is 16.8. The first-order valence-electron chi connectivity index (χ1n) is 8.85. The van der Waals surface area contributed by atoms with Gasteiger partial charge in [0.2, 0.25) is 5.65 Å². The first-order chi connectivity index (χ1) is 12.4. The largest absolute Gasteiger partial charge is 0.371 e. The monoisotopic (exact) mass is 353 g/mol. The van der Waals surface area contributed by atoms with E-state index in [1.807, 2.05) is 6.07 Å². The number of nitrogens with one attached hydrogen (secondary N) is 2. The summed E-state index contributed by atoms with van der Waals surface area (Å²) >= 11 is 0. The van der Waals surface area contributed by atoms with Crippen molar-refractivity contribution in [1.29, 1.82) is 0 Å². The van der Waals surface area contributed by atoms with Crippen LogP contribution >= 0.6 is 0 Å². The van der Waals surface area contributed by atoms with Crippen LogP contribution in [0, 0.1) is 0 Å². The highest BCUT2D eigenvalue weighted by atomic mass is 16.5. The van der Waals surface area contributed by atoms with Crippen LogP contribution in [0.4, 0.5) is 5.82 Å². The summed E-state index contributed by atoms with van der Waals surface area (Å²) in [6, 6.07) is 8.34. The van der Waals surface area contributed by atoms with Crippen molar-refractivity contribution in [2.24, 2.45) is 0 Å². The van der Waals surface area contributed by atoms with Crippen molar-refractivity contribution < 1.29 is 4.74 Å². The predicted octanol–water partition coefficient (Wildman–Crippen LogP) is 2.44. The highest BCUT2D eigenvalue weighted by molar-refractivity contribution is 5.62. The third-order valence-corrected chi connectivity index (χ3v) is 4.72. The number of aromatic amines is 1. The molecule has 7 nitrogen and oxygen atoms in total. The quantitative estimate of drug-likeness (QED) is 0.755. The van der Waals surface area contributed by atoms with Gasteiger partial charge in [0, 0.05) is 18.2 Å². The minimum Gasteiger partial charge on any atom is -0.371 e. The van der Waals surface area contributed by atoms with Crippen LogP contribution in [-0.2, 0) is 16.6 Å². The fraction of sp³-hybridized carbons (Fsp3) is 0.421. The van der Waals surface area contributed by atoms with Gasteiger partial charge in [-0.25, -0.2) is 19.3 Å². The second-order valence-corrected chi connectivity index (χ2v) is 7.64. The molecule has 4 rings (SSSR count). The van der Waals surface area contributed by atoms with Crippen molar-refractivity contribution in [1.82, 2.24) is 19.6 Å². The van der Waals surface area contributed by atoms with Crippen molar-refractivity contribution in [3.8, 4) is 0 Å². The van der Waals surface area contributed by atoms with Crippen molar-refractivity contribution >= 4 is 11.5 Å². The molecule has 2 aromatic heterocycles. The van der Waals surface area contributed by atoms with Gasteiger partial charge < -0.3 is 10.1 Å². The van der Waals surface area contributed by atoms with E-state index in [1.165, 1.54) is 15.5 Å². The van der Waals surface area contributed by atoms with Crippen LogP contribution in [0.5, 0.6) is 0 Å². The molecule has 1 aliphatic rings. The molecule has 1 atom stereocenters. The smallest absolute Gasteiger partial charge is 0.347 e. The Morgan fingerprint density at radius 2 is 2.15 bits per heavy atom. The Labute approximate surface area is 151 Å². The molecule has 0 amide bonds. The van der Waals surface area contributed by atoms with E-state index in [0.29, 0.717) is 24.6 Å². The van der Waals surface area contributed by atoms with Gasteiger partial charge in [0.05, 0.1) is 18.4 Å². The number of fused-ring (bicyclic) bond motifs is 2. The summed E-state index contributed by atoms with van der Waals surface area (Å²) < 4.78 is 7.46. The molecular weight excluding hydrogens is 330 g/mol. The normalized spacial score (nSPS) is 17.3. The average molecular weight is 353 g/mol. The lowest BCUT2D eigenvalue weighted by atomic mass is 9.93. The minimum absolute atomic E-state index is 0.0502. The summed E-state index contributed by atoms with van der Waals surface area (Å²) in [6.07, 6.45) is 2.63. The lowest BCUT2D eigenvalue weighted by molar-refractivity contribution is 0.0513. The van der Waals surface area contributed by atoms with E-state index < -0.39 is 0 Å². The minimum atomic E-state index is -0.268. The molecule has 1 aliphatic heterocycles. The second kappa shape index (κ2) is 6.25. The Bertz CT molecular complexity index is 999. The van der Waals surface area contributed by atoms with Gasteiger partial charge >= 0.3 is 5.69 Å². The van der Waals surface area contributed by atoms with Crippen LogP contribution in [0.25, 0.3) is 5.65 Å². The zero-order chi connectivity index (χ0) is 18.3. The lowest BCUT2D eigenvalue weighted by Gasteiger charge is -2.26. The molecule has 1 unspecified atom stereocenters. The fourth-order valence-electron chi connectivity index (χ4n) is 3.23. The molecule has 1 aromatic carbocycles. The maximum Gasteiger partial charge on any atom is 0.347 e. The Balaban J connectivity index is 1.67. The molecule has 0 aliphatic carbocycles. The number of H-pyrrole nitrogens is 1. The van der Waals surface area contributed by atoms with Crippen molar-refractivity contribution in [3.05, 3.63) is 57.8 Å². The number of hydrogen-bond donors (Lipinski definition) is 2. The Kier molecular flexibility index (Phi) is 4.03. The van der Waals surface area contributed by atoms with Crippen LogP contribution in [0.3, 0.4) is 0 Å². The topological polar surface area (TPSA) is 84.3 Å². The van der Waals surface area contributed by atoms with E-state index in [9.17, 15) is 4.79 Å². The molecule has 0 spiro atoms. The van der Waals surface area contributed by atoms with E-state index in [0.717, 1.165) is 12.1 Å². The summed E-state index contributed by atoms with van der Waals surface area (Å²) in [7, 11) is 0. The van der Waals surface area contributed by atoms with Crippen LogP contribution in [0.1, 0.15) is 43.7 Å². The van der Waals surface area contributed by atoms with E-state index >= 15 is 0 Å². The number of aromatic nitrogens is 4. The second-order valence-electron chi connectivity index (χ2n) is 7.64. The van der Waals surface area contributed by atoms with Crippen LogP contribution in [-0.4, -0.2) is 32.7 Å². The predicted molar refractivity (Wildman–Crippen MR) is 99.6 cm³/mol. The van der Waals surface area contributed by atoms with E-state index in [-0.39, 0.29) is 17.2 Å². The van der Waals surface area contributed by atoms with Crippen LogP contribution in [0.2, 0.25) is 0 Å². The number of benzene rings is 1. The lowest BCUT2D eigenvalue weighted by Crippen LogP contribution is -2.24. The Morgan fingerprint density at radius 1 is 1.35 bits per heavy atom. The summed E-state index contributed by atoms with van der Waals surface area (Å²) in [5.41, 5.74) is 3.38. The molecule has 2 N–H and O–H groups in total. The van der Waals surface area contributed by atoms with Gasteiger partial charge in [-0.2, -0.15) is 0 Å². The zero-order valence-electron chi connectivity index (χ0n) is 15.2. The van der Waals surface area contributed by atoms with Gasteiger partial charge in [-0.05, 0) is 17.5 Å².